The molecule has 2 amide bonds. The highest BCUT2D eigenvalue weighted by Crippen LogP contribution is 2.16. The second-order valence-electron chi connectivity index (χ2n) is 6.34. The van der Waals surface area contributed by atoms with E-state index in [1.807, 2.05) is 6.92 Å². The fourth-order valence-electron chi connectivity index (χ4n) is 2.92. The number of anilines is 1. The molecule has 0 aliphatic carbocycles. The zero-order valence-electron chi connectivity index (χ0n) is 15.4. The average molecular weight is 368 g/mol. The first kappa shape index (κ1) is 18.9. The molecule has 2 aromatic carbocycles. The number of hydrogen-bond donors (Lipinski definition) is 2. The van der Waals surface area contributed by atoms with E-state index >= 15 is 0 Å². The second kappa shape index (κ2) is 9.19. The Hall–Kier alpha value is -2.86. The lowest BCUT2D eigenvalue weighted by molar-refractivity contribution is 0.0857. The van der Waals surface area contributed by atoms with E-state index in [4.69, 9.17) is 9.47 Å². The molecule has 1 heterocycles. The summed E-state index contributed by atoms with van der Waals surface area (Å²) in [5.74, 6) is 0.302. The van der Waals surface area contributed by atoms with Gasteiger partial charge in [-0.3, -0.25) is 9.59 Å². The SMILES string of the molecule is CCOc1ccc(C(=O)Nc2cccc(C(=O)NCC3CCCO3)c2)cc1. The molecule has 0 radical (unpaired) electrons. The maximum Gasteiger partial charge on any atom is 0.255 e. The highest BCUT2D eigenvalue weighted by Gasteiger charge is 2.17. The number of nitrogens with one attached hydrogen (secondary N) is 2. The van der Waals surface area contributed by atoms with Gasteiger partial charge >= 0.3 is 0 Å². The quantitative estimate of drug-likeness (QED) is 0.787. The highest BCUT2D eigenvalue weighted by molar-refractivity contribution is 6.05. The molecule has 1 aliphatic rings. The van der Waals surface area contributed by atoms with E-state index in [2.05, 4.69) is 10.6 Å². The minimum absolute atomic E-state index is 0.0940. The minimum Gasteiger partial charge on any atom is -0.494 e. The van der Waals surface area contributed by atoms with E-state index in [1.165, 1.54) is 0 Å². The molecule has 0 saturated carbocycles. The van der Waals surface area contributed by atoms with Crippen molar-refractivity contribution in [2.45, 2.75) is 25.9 Å². The van der Waals surface area contributed by atoms with Gasteiger partial charge in [0.15, 0.2) is 0 Å². The van der Waals surface area contributed by atoms with Gasteiger partial charge < -0.3 is 20.1 Å². The Morgan fingerprint density at radius 2 is 1.93 bits per heavy atom. The van der Waals surface area contributed by atoms with Crippen LogP contribution in [0.3, 0.4) is 0 Å². The largest absolute Gasteiger partial charge is 0.494 e. The Kier molecular flexibility index (Phi) is 6.44. The minimum atomic E-state index is -0.241. The smallest absolute Gasteiger partial charge is 0.255 e. The normalized spacial score (nSPS) is 16.0. The fourth-order valence-corrected chi connectivity index (χ4v) is 2.92. The first-order valence-corrected chi connectivity index (χ1v) is 9.20. The number of amides is 2. The van der Waals surface area contributed by atoms with Gasteiger partial charge in [-0.15, -0.1) is 0 Å². The van der Waals surface area contributed by atoms with Crippen LogP contribution < -0.4 is 15.4 Å². The molecular weight excluding hydrogens is 344 g/mol. The highest BCUT2D eigenvalue weighted by atomic mass is 16.5. The molecule has 1 atom stereocenters. The predicted octanol–water partition coefficient (Wildman–Crippen LogP) is 3.25. The lowest BCUT2D eigenvalue weighted by Crippen LogP contribution is -2.31. The van der Waals surface area contributed by atoms with Gasteiger partial charge in [0.2, 0.25) is 0 Å². The van der Waals surface area contributed by atoms with Gasteiger partial charge in [0, 0.05) is 30.0 Å². The third-order valence-electron chi connectivity index (χ3n) is 4.32. The zero-order valence-corrected chi connectivity index (χ0v) is 15.4. The Bertz CT molecular complexity index is 783. The van der Waals surface area contributed by atoms with Crippen LogP contribution in [0.25, 0.3) is 0 Å². The molecule has 0 bridgehead atoms. The second-order valence-corrected chi connectivity index (χ2v) is 6.34. The monoisotopic (exact) mass is 368 g/mol. The van der Waals surface area contributed by atoms with Crippen molar-refractivity contribution in [3.63, 3.8) is 0 Å². The Labute approximate surface area is 158 Å². The molecule has 0 spiro atoms. The molecule has 6 nitrogen and oxygen atoms in total. The van der Waals surface area contributed by atoms with E-state index in [-0.39, 0.29) is 17.9 Å². The van der Waals surface area contributed by atoms with Gasteiger partial charge in [0.05, 0.1) is 12.7 Å². The summed E-state index contributed by atoms with van der Waals surface area (Å²) in [5, 5.41) is 5.70. The molecule has 1 aliphatic heterocycles. The van der Waals surface area contributed by atoms with Crippen molar-refractivity contribution in [1.29, 1.82) is 0 Å². The topological polar surface area (TPSA) is 76.7 Å². The summed E-state index contributed by atoms with van der Waals surface area (Å²) in [6.07, 6.45) is 2.10. The van der Waals surface area contributed by atoms with Gasteiger partial charge in [-0.2, -0.15) is 0 Å². The van der Waals surface area contributed by atoms with Crippen molar-refractivity contribution < 1.29 is 19.1 Å². The van der Waals surface area contributed by atoms with Crippen molar-refractivity contribution in [3.8, 4) is 5.75 Å². The van der Waals surface area contributed by atoms with E-state index in [0.717, 1.165) is 25.2 Å². The van der Waals surface area contributed by atoms with Crippen LogP contribution >= 0.6 is 0 Å². The van der Waals surface area contributed by atoms with Crippen molar-refractivity contribution in [3.05, 3.63) is 59.7 Å². The van der Waals surface area contributed by atoms with E-state index in [9.17, 15) is 9.59 Å². The number of rotatable bonds is 7. The van der Waals surface area contributed by atoms with E-state index in [0.29, 0.717) is 30.0 Å². The third-order valence-corrected chi connectivity index (χ3v) is 4.32. The summed E-state index contributed by atoms with van der Waals surface area (Å²) in [6.45, 7) is 3.74. The van der Waals surface area contributed by atoms with Gasteiger partial charge in [-0.1, -0.05) is 6.07 Å². The molecule has 142 valence electrons. The number of carbonyl (C=O) groups is 2. The molecule has 2 N–H and O–H groups in total. The number of benzene rings is 2. The molecule has 3 rings (SSSR count). The van der Waals surface area contributed by atoms with Crippen molar-refractivity contribution in [2.75, 3.05) is 25.1 Å². The standard InChI is InChI=1S/C21H24N2O4/c1-2-26-18-10-8-15(9-11-18)21(25)23-17-6-3-5-16(13-17)20(24)22-14-19-7-4-12-27-19/h3,5-6,8-11,13,19H,2,4,7,12,14H2,1H3,(H,22,24)(H,23,25). The molecule has 1 unspecified atom stereocenters. The number of ether oxygens (including phenoxy) is 2. The van der Waals surface area contributed by atoms with Crippen LogP contribution in [0.4, 0.5) is 5.69 Å². The van der Waals surface area contributed by atoms with Crippen LogP contribution in [-0.2, 0) is 4.74 Å². The summed E-state index contributed by atoms with van der Waals surface area (Å²) in [4.78, 5) is 24.7. The summed E-state index contributed by atoms with van der Waals surface area (Å²) in [6, 6.07) is 13.8. The summed E-state index contributed by atoms with van der Waals surface area (Å²) < 4.78 is 10.9. The van der Waals surface area contributed by atoms with Crippen LogP contribution in [0.2, 0.25) is 0 Å². The van der Waals surface area contributed by atoms with Crippen LogP contribution in [0, 0.1) is 0 Å². The lowest BCUT2D eigenvalue weighted by atomic mass is 10.1. The molecule has 1 fully saturated rings. The van der Waals surface area contributed by atoms with Gasteiger partial charge in [0.1, 0.15) is 5.75 Å². The molecule has 6 heteroatoms. The third kappa shape index (κ3) is 5.31. The average Bonchev–Trinajstić information content (AvgIpc) is 3.21. The van der Waals surface area contributed by atoms with Gasteiger partial charge in [0.25, 0.3) is 11.8 Å². The lowest BCUT2D eigenvalue weighted by Gasteiger charge is -2.12. The molecule has 0 aromatic heterocycles. The van der Waals surface area contributed by atoms with Gasteiger partial charge in [-0.25, -0.2) is 0 Å². The molecule has 27 heavy (non-hydrogen) atoms. The van der Waals surface area contributed by atoms with Gasteiger partial charge in [-0.05, 0) is 62.2 Å². The van der Waals surface area contributed by atoms with Crippen LogP contribution in [0.5, 0.6) is 5.75 Å². The maximum absolute atomic E-state index is 12.4. The predicted molar refractivity (Wildman–Crippen MR) is 103 cm³/mol. The maximum atomic E-state index is 12.4. The molecule has 2 aromatic rings. The van der Waals surface area contributed by atoms with Crippen molar-refractivity contribution in [2.24, 2.45) is 0 Å². The fraction of sp³-hybridized carbons (Fsp3) is 0.333. The Morgan fingerprint density at radius 3 is 2.63 bits per heavy atom. The van der Waals surface area contributed by atoms with Crippen LogP contribution in [-0.4, -0.2) is 37.7 Å². The Balaban J connectivity index is 1.59. The summed E-state index contributed by atoms with van der Waals surface area (Å²) in [5.41, 5.74) is 1.59. The van der Waals surface area contributed by atoms with Crippen molar-refractivity contribution in [1.82, 2.24) is 5.32 Å². The summed E-state index contributed by atoms with van der Waals surface area (Å²) in [7, 11) is 0. The molecular formula is C21H24N2O4. The first-order valence-electron chi connectivity index (χ1n) is 9.20. The zero-order chi connectivity index (χ0) is 19.1. The number of hydrogen-bond acceptors (Lipinski definition) is 4. The first-order chi connectivity index (χ1) is 13.2. The van der Waals surface area contributed by atoms with E-state index in [1.54, 1.807) is 48.5 Å². The van der Waals surface area contributed by atoms with Crippen molar-refractivity contribution >= 4 is 17.5 Å². The van der Waals surface area contributed by atoms with Crippen LogP contribution in [0.15, 0.2) is 48.5 Å². The molecule has 1 saturated heterocycles. The number of carbonyl (C=O) groups excluding carboxylic acids is 2. The summed E-state index contributed by atoms with van der Waals surface area (Å²) >= 11 is 0. The van der Waals surface area contributed by atoms with E-state index < -0.39 is 0 Å². The van der Waals surface area contributed by atoms with Crippen LogP contribution in [0.1, 0.15) is 40.5 Å². The Morgan fingerprint density at radius 1 is 1.11 bits per heavy atom.